The first-order valence-corrected chi connectivity index (χ1v) is 8.12. The van der Waals surface area contributed by atoms with Crippen LogP contribution in [0.5, 0.6) is 0 Å². The fraction of sp³-hybridized carbons (Fsp3) is 0.333. The molecule has 20 heavy (non-hydrogen) atoms. The lowest BCUT2D eigenvalue weighted by Crippen LogP contribution is -2.11. The van der Waals surface area contributed by atoms with Crippen LogP contribution in [0.3, 0.4) is 0 Å². The Bertz CT molecular complexity index is 523. The highest BCUT2D eigenvalue weighted by atomic mass is 32.1. The van der Waals surface area contributed by atoms with Gasteiger partial charge in [0.05, 0.1) is 0 Å². The summed E-state index contributed by atoms with van der Waals surface area (Å²) in [7, 11) is 0. The molecule has 0 bridgehead atoms. The molecule has 0 aliphatic carbocycles. The summed E-state index contributed by atoms with van der Waals surface area (Å²) in [5.74, 6) is 0. The molecule has 0 fully saturated rings. The molecule has 0 amide bonds. The molecule has 0 unspecified atom stereocenters. The predicted octanol–water partition coefficient (Wildman–Crippen LogP) is 5.72. The van der Waals surface area contributed by atoms with Crippen LogP contribution in [0.25, 0.3) is 16.1 Å². The molecule has 1 aromatic heterocycles. The molecule has 2 rings (SSSR count). The molecule has 0 aliphatic heterocycles. The molecule has 1 aromatic carbocycles. The lowest BCUT2D eigenvalue weighted by Gasteiger charge is -2.09. The SMILES string of the molecule is C=C(NCCC)c1ccc(-c2ccc(C)s2)cc1.CC. The van der Waals surface area contributed by atoms with E-state index in [4.69, 9.17) is 0 Å². The molecule has 0 aliphatic rings. The fourth-order valence-corrected chi connectivity index (χ4v) is 2.68. The summed E-state index contributed by atoms with van der Waals surface area (Å²) in [6.07, 6.45) is 1.12. The molecular weight excluding hydrogens is 262 g/mol. The largest absolute Gasteiger partial charge is 0.385 e. The molecule has 2 heteroatoms. The number of thiophene rings is 1. The maximum absolute atomic E-state index is 4.06. The summed E-state index contributed by atoms with van der Waals surface area (Å²) in [4.78, 5) is 2.68. The average Bonchev–Trinajstić information content (AvgIpc) is 2.93. The van der Waals surface area contributed by atoms with Crippen molar-refractivity contribution in [3.8, 4) is 10.4 Å². The van der Waals surface area contributed by atoms with Gasteiger partial charge in [0.25, 0.3) is 0 Å². The van der Waals surface area contributed by atoms with Crippen LogP contribution in [0.4, 0.5) is 0 Å². The van der Waals surface area contributed by atoms with Crippen LogP contribution in [-0.2, 0) is 0 Å². The van der Waals surface area contributed by atoms with Crippen LogP contribution in [0.15, 0.2) is 43.0 Å². The van der Waals surface area contributed by atoms with Crippen LogP contribution < -0.4 is 5.32 Å². The Labute approximate surface area is 127 Å². The lowest BCUT2D eigenvalue weighted by molar-refractivity contribution is 0.825. The number of rotatable bonds is 5. The third kappa shape index (κ3) is 4.53. The smallest absolute Gasteiger partial charge is 0.0345 e. The van der Waals surface area contributed by atoms with Crippen molar-refractivity contribution in [2.45, 2.75) is 34.1 Å². The van der Waals surface area contributed by atoms with E-state index in [-0.39, 0.29) is 0 Å². The molecular formula is C18H25NS. The van der Waals surface area contributed by atoms with Crippen molar-refractivity contribution in [2.24, 2.45) is 0 Å². The molecule has 2 aromatic rings. The van der Waals surface area contributed by atoms with Gasteiger partial charge in [-0.15, -0.1) is 11.3 Å². The van der Waals surface area contributed by atoms with Gasteiger partial charge in [-0.2, -0.15) is 0 Å². The maximum atomic E-state index is 4.06. The molecule has 0 saturated heterocycles. The Morgan fingerprint density at radius 2 is 1.75 bits per heavy atom. The number of hydrogen-bond acceptors (Lipinski definition) is 2. The van der Waals surface area contributed by atoms with Gasteiger partial charge in [0.1, 0.15) is 0 Å². The minimum Gasteiger partial charge on any atom is -0.385 e. The van der Waals surface area contributed by atoms with E-state index in [1.165, 1.54) is 20.9 Å². The maximum Gasteiger partial charge on any atom is 0.0345 e. The zero-order valence-electron chi connectivity index (χ0n) is 13.0. The van der Waals surface area contributed by atoms with Crippen molar-refractivity contribution in [3.05, 3.63) is 53.4 Å². The zero-order chi connectivity index (χ0) is 15.0. The van der Waals surface area contributed by atoms with E-state index < -0.39 is 0 Å². The molecule has 1 nitrogen and oxygen atoms in total. The van der Waals surface area contributed by atoms with Gasteiger partial charge in [-0.1, -0.05) is 51.6 Å². The highest BCUT2D eigenvalue weighted by Crippen LogP contribution is 2.28. The average molecular weight is 287 g/mol. The molecule has 108 valence electrons. The van der Waals surface area contributed by atoms with Crippen LogP contribution in [0, 0.1) is 6.92 Å². The van der Waals surface area contributed by atoms with Crippen molar-refractivity contribution in [3.63, 3.8) is 0 Å². The first-order chi connectivity index (χ1) is 9.70. The van der Waals surface area contributed by atoms with Gasteiger partial charge >= 0.3 is 0 Å². The van der Waals surface area contributed by atoms with Gasteiger partial charge < -0.3 is 5.32 Å². The summed E-state index contributed by atoms with van der Waals surface area (Å²) in [5.41, 5.74) is 3.45. The Kier molecular flexibility index (Phi) is 7.10. The highest BCUT2D eigenvalue weighted by molar-refractivity contribution is 7.15. The van der Waals surface area contributed by atoms with Crippen molar-refractivity contribution >= 4 is 17.0 Å². The van der Waals surface area contributed by atoms with Gasteiger partial charge in [0, 0.05) is 22.0 Å². The Morgan fingerprint density at radius 1 is 1.10 bits per heavy atom. The van der Waals surface area contributed by atoms with E-state index in [2.05, 4.69) is 62.1 Å². The second-order valence-electron chi connectivity index (χ2n) is 4.39. The zero-order valence-corrected chi connectivity index (χ0v) is 13.8. The van der Waals surface area contributed by atoms with Gasteiger partial charge in [-0.05, 0) is 36.6 Å². The quantitative estimate of drug-likeness (QED) is 0.741. The topological polar surface area (TPSA) is 12.0 Å². The van der Waals surface area contributed by atoms with E-state index in [0.717, 1.165) is 18.7 Å². The van der Waals surface area contributed by atoms with Crippen LogP contribution in [0.1, 0.15) is 37.6 Å². The molecule has 1 N–H and O–H groups in total. The minimum atomic E-state index is 0.977. The van der Waals surface area contributed by atoms with E-state index in [0.29, 0.717) is 0 Å². The van der Waals surface area contributed by atoms with Gasteiger partial charge in [-0.25, -0.2) is 0 Å². The summed E-state index contributed by atoms with van der Waals surface area (Å²) in [6.45, 7) is 13.3. The summed E-state index contributed by atoms with van der Waals surface area (Å²) in [5, 5.41) is 3.32. The van der Waals surface area contributed by atoms with Gasteiger partial charge in [0.15, 0.2) is 0 Å². The normalized spacial score (nSPS) is 9.60. The number of nitrogens with one attached hydrogen (secondary N) is 1. The third-order valence-electron chi connectivity index (χ3n) is 2.85. The summed E-state index contributed by atoms with van der Waals surface area (Å²) in [6, 6.07) is 12.9. The second-order valence-corrected chi connectivity index (χ2v) is 5.68. The number of aryl methyl sites for hydroxylation is 1. The van der Waals surface area contributed by atoms with E-state index in [1.807, 2.05) is 25.2 Å². The fourth-order valence-electron chi connectivity index (χ4n) is 1.80. The molecule has 0 spiro atoms. The molecule has 0 saturated carbocycles. The first kappa shape index (κ1) is 16.5. The minimum absolute atomic E-state index is 0.977. The van der Waals surface area contributed by atoms with Crippen molar-refractivity contribution in [1.82, 2.24) is 5.32 Å². The monoisotopic (exact) mass is 287 g/mol. The Balaban J connectivity index is 0.000000956. The van der Waals surface area contributed by atoms with Crippen molar-refractivity contribution in [2.75, 3.05) is 6.54 Å². The summed E-state index contributed by atoms with van der Waals surface area (Å²) < 4.78 is 0. The third-order valence-corrected chi connectivity index (χ3v) is 3.90. The van der Waals surface area contributed by atoms with Crippen LogP contribution in [-0.4, -0.2) is 6.54 Å². The predicted molar refractivity (Wildman–Crippen MR) is 93.2 cm³/mol. The van der Waals surface area contributed by atoms with E-state index in [1.54, 1.807) is 0 Å². The summed E-state index contributed by atoms with van der Waals surface area (Å²) >= 11 is 1.83. The molecule has 1 heterocycles. The first-order valence-electron chi connectivity index (χ1n) is 7.30. The van der Waals surface area contributed by atoms with E-state index in [9.17, 15) is 0 Å². The van der Waals surface area contributed by atoms with Crippen LogP contribution >= 0.6 is 11.3 Å². The second kappa shape index (κ2) is 8.60. The molecule has 0 atom stereocenters. The van der Waals surface area contributed by atoms with Gasteiger partial charge in [-0.3, -0.25) is 0 Å². The van der Waals surface area contributed by atoms with Crippen molar-refractivity contribution < 1.29 is 0 Å². The highest BCUT2D eigenvalue weighted by Gasteiger charge is 2.02. The lowest BCUT2D eigenvalue weighted by atomic mass is 10.1. The van der Waals surface area contributed by atoms with E-state index >= 15 is 0 Å². The van der Waals surface area contributed by atoms with Crippen LogP contribution in [0.2, 0.25) is 0 Å². The number of benzene rings is 1. The molecule has 0 radical (unpaired) electrons. The standard InChI is InChI=1S/C16H19NS.C2H6/c1-4-11-17-13(3)14-6-8-15(9-7-14)16-10-5-12(2)18-16;1-2/h5-10,17H,3-4,11H2,1-2H3;1-2H3. The van der Waals surface area contributed by atoms with Gasteiger partial charge in [0.2, 0.25) is 0 Å². The number of hydrogen-bond donors (Lipinski definition) is 1. The van der Waals surface area contributed by atoms with Crippen molar-refractivity contribution in [1.29, 1.82) is 0 Å². The Hall–Kier alpha value is -1.54. The Morgan fingerprint density at radius 3 is 2.25 bits per heavy atom.